The molecule has 9 heteroatoms. The van der Waals surface area contributed by atoms with Crippen LogP contribution in [-0.2, 0) is 18.4 Å². The highest BCUT2D eigenvalue weighted by Crippen LogP contribution is 2.38. The van der Waals surface area contributed by atoms with Crippen LogP contribution in [0.3, 0.4) is 0 Å². The van der Waals surface area contributed by atoms with Crippen LogP contribution in [0.5, 0.6) is 0 Å². The Hall–Kier alpha value is -0.760. The maximum Gasteiger partial charge on any atom is 0.268 e. The second kappa shape index (κ2) is 49.2. The molecule has 0 saturated heterocycles. The van der Waals surface area contributed by atoms with E-state index in [4.69, 9.17) is 9.05 Å². The second-order valence-corrected chi connectivity index (χ2v) is 22.8. The molecule has 2 N–H and O–H groups in total. The molecule has 0 spiro atoms. The van der Waals surface area contributed by atoms with E-state index in [1.807, 2.05) is 21.1 Å². The number of unbranched alkanes of at least 4 members (excludes halogenated alkanes) is 39. The molecule has 8 nitrogen and oxygen atoms in total. The van der Waals surface area contributed by atoms with Gasteiger partial charge in [-0.05, 0) is 32.1 Å². The summed E-state index contributed by atoms with van der Waals surface area (Å²) in [5.41, 5.74) is 0. The van der Waals surface area contributed by atoms with Crippen molar-refractivity contribution in [2.75, 3.05) is 40.9 Å². The number of phosphoric ester groups is 1. The molecular weight excluding hydrogens is 840 g/mol. The number of phosphoric acid groups is 1. The Kier molecular flexibility index (Phi) is 48.7. The minimum absolute atomic E-state index is 0.0126. The fourth-order valence-electron chi connectivity index (χ4n) is 8.91. The van der Waals surface area contributed by atoms with Crippen LogP contribution in [0.15, 0.2) is 12.2 Å². The summed E-state index contributed by atoms with van der Waals surface area (Å²) in [4.78, 5) is 25.4. The van der Waals surface area contributed by atoms with Crippen LogP contribution >= 0.6 is 7.82 Å². The van der Waals surface area contributed by atoms with Crippen LogP contribution in [0.1, 0.15) is 296 Å². The molecule has 0 aromatic heterocycles. The molecule has 1 amide bonds. The average Bonchev–Trinajstić information content (AvgIpc) is 3.28. The molecule has 3 atom stereocenters. The number of aliphatic hydroxyl groups is 1. The molecule has 394 valence electrons. The van der Waals surface area contributed by atoms with E-state index >= 15 is 0 Å². The molecule has 0 bridgehead atoms. The van der Waals surface area contributed by atoms with Gasteiger partial charge < -0.3 is 28.8 Å². The molecular formula is C57H115N2O6P. The van der Waals surface area contributed by atoms with E-state index in [1.54, 1.807) is 0 Å². The number of carbonyl (C=O) groups excluding carboxylic acids is 1. The molecule has 0 aliphatic rings. The Morgan fingerprint density at radius 2 is 0.848 bits per heavy atom. The van der Waals surface area contributed by atoms with Gasteiger partial charge in [-0.3, -0.25) is 9.36 Å². The quantitative estimate of drug-likeness (QED) is 0.0272. The fraction of sp³-hybridized carbons (Fsp3) is 0.947. The molecule has 3 unspecified atom stereocenters. The minimum Gasteiger partial charge on any atom is -0.756 e. The Labute approximate surface area is 412 Å². The van der Waals surface area contributed by atoms with Gasteiger partial charge in [0.25, 0.3) is 7.82 Å². The van der Waals surface area contributed by atoms with Gasteiger partial charge in [0, 0.05) is 6.42 Å². The van der Waals surface area contributed by atoms with Crippen molar-refractivity contribution in [3.8, 4) is 0 Å². The van der Waals surface area contributed by atoms with Crippen molar-refractivity contribution in [3.05, 3.63) is 12.2 Å². The number of hydrogen-bond acceptors (Lipinski definition) is 6. The van der Waals surface area contributed by atoms with E-state index in [0.29, 0.717) is 23.9 Å². The smallest absolute Gasteiger partial charge is 0.268 e. The number of aliphatic hydroxyl groups excluding tert-OH is 1. The van der Waals surface area contributed by atoms with Gasteiger partial charge in [-0.2, -0.15) is 0 Å². The predicted molar refractivity (Wildman–Crippen MR) is 284 cm³/mol. The molecule has 0 aromatic rings. The molecule has 0 radical (unpaired) electrons. The number of amides is 1. The average molecular weight is 956 g/mol. The first kappa shape index (κ1) is 65.2. The van der Waals surface area contributed by atoms with Gasteiger partial charge in [0.2, 0.25) is 5.91 Å². The van der Waals surface area contributed by atoms with Crippen LogP contribution in [0.2, 0.25) is 0 Å². The Morgan fingerprint density at radius 3 is 1.23 bits per heavy atom. The number of allylic oxidation sites excluding steroid dienone is 2. The summed E-state index contributed by atoms with van der Waals surface area (Å²) in [6.07, 6.45) is 59.9. The third kappa shape index (κ3) is 51.1. The number of nitrogens with zero attached hydrogens (tertiary/aromatic N) is 1. The summed E-state index contributed by atoms with van der Waals surface area (Å²) in [7, 11) is 1.31. The monoisotopic (exact) mass is 955 g/mol. The van der Waals surface area contributed by atoms with Gasteiger partial charge in [-0.25, -0.2) is 0 Å². The predicted octanol–water partition coefficient (Wildman–Crippen LogP) is 16.8. The third-order valence-corrected chi connectivity index (χ3v) is 14.5. The van der Waals surface area contributed by atoms with E-state index < -0.39 is 20.0 Å². The zero-order valence-electron chi connectivity index (χ0n) is 44.9. The minimum atomic E-state index is -4.57. The lowest BCUT2D eigenvalue weighted by molar-refractivity contribution is -0.870. The maximum atomic E-state index is 12.9. The first-order valence-electron chi connectivity index (χ1n) is 29.0. The third-order valence-electron chi connectivity index (χ3n) is 13.5. The molecule has 0 saturated carbocycles. The lowest BCUT2D eigenvalue weighted by Gasteiger charge is -2.30. The lowest BCUT2D eigenvalue weighted by Crippen LogP contribution is -2.46. The Balaban J connectivity index is 3.92. The van der Waals surface area contributed by atoms with Crippen LogP contribution in [-0.4, -0.2) is 68.5 Å². The zero-order valence-corrected chi connectivity index (χ0v) is 45.8. The van der Waals surface area contributed by atoms with E-state index in [2.05, 4.69) is 31.3 Å². The van der Waals surface area contributed by atoms with E-state index in [9.17, 15) is 19.4 Å². The van der Waals surface area contributed by atoms with Crippen LogP contribution in [0, 0.1) is 0 Å². The Morgan fingerprint density at radius 1 is 0.515 bits per heavy atom. The number of carbonyl (C=O) groups is 1. The summed E-state index contributed by atoms with van der Waals surface area (Å²) in [5.74, 6) is -0.172. The van der Waals surface area contributed by atoms with Gasteiger partial charge in [-0.15, -0.1) is 0 Å². The lowest BCUT2D eigenvalue weighted by atomic mass is 10.0. The summed E-state index contributed by atoms with van der Waals surface area (Å²) in [6, 6.07) is -0.801. The number of nitrogens with one attached hydrogen (secondary N) is 1. The highest BCUT2D eigenvalue weighted by molar-refractivity contribution is 7.45. The summed E-state index contributed by atoms with van der Waals surface area (Å²) < 4.78 is 23.3. The van der Waals surface area contributed by atoms with Crippen molar-refractivity contribution in [2.45, 2.75) is 309 Å². The molecule has 0 heterocycles. The first-order valence-corrected chi connectivity index (χ1v) is 30.5. The fourth-order valence-corrected chi connectivity index (χ4v) is 9.63. The van der Waals surface area contributed by atoms with Gasteiger partial charge in [-0.1, -0.05) is 270 Å². The zero-order chi connectivity index (χ0) is 48.5. The summed E-state index contributed by atoms with van der Waals surface area (Å²) >= 11 is 0. The number of rotatable bonds is 54. The van der Waals surface area contributed by atoms with Crippen molar-refractivity contribution in [2.24, 2.45) is 0 Å². The molecule has 0 fully saturated rings. The van der Waals surface area contributed by atoms with Gasteiger partial charge >= 0.3 is 0 Å². The molecule has 0 aliphatic heterocycles. The van der Waals surface area contributed by atoms with Crippen LogP contribution in [0.25, 0.3) is 0 Å². The van der Waals surface area contributed by atoms with E-state index in [1.165, 1.54) is 218 Å². The SMILES string of the molecule is CCCC/C=C\CCCCCCCC(=O)NC(COP(=O)([O-])OCC[N+](C)(C)C)C(O)CCCCCCCCCCCCCCCCCCCCCCCCCCCCCCCCCCC. The standard InChI is InChI=1S/C57H115N2O6P/c1-6-8-10-12-14-16-18-19-20-21-22-23-24-25-26-27-28-29-30-31-32-33-34-35-36-37-38-39-41-42-44-46-48-50-56(60)55(54-65-66(62,63)64-53-52-59(3,4)5)58-57(61)51-49-47-45-43-40-17-15-13-11-9-7-2/h13,15,55-56,60H,6-12,14,16-54H2,1-5H3,(H-,58,61,62,63)/b15-13-. The van der Waals surface area contributed by atoms with Crippen molar-refractivity contribution in [1.82, 2.24) is 5.32 Å². The van der Waals surface area contributed by atoms with Crippen molar-refractivity contribution in [3.63, 3.8) is 0 Å². The van der Waals surface area contributed by atoms with E-state index in [-0.39, 0.29) is 19.1 Å². The molecule has 0 aliphatic carbocycles. The number of quaternary nitrogens is 1. The summed E-state index contributed by atoms with van der Waals surface area (Å²) in [5, 5.41) is 14.0. The highest BCUT2D eigenvalue weighted by Gasteiger charge is 2.24. The summed E-state index contributed by atoms with van der Waals surface area (Å²) in [6.45, 7) is 4.71. The highest BCUT2D eigenvalue weighted by atomic mass is 31.2. The first-order chi connectivity index (χ1) is 32.0. The van der Waals surface area contributed by atoms with Crippen molar-refractivity contribution in [1.29, 1.82) is 0 Å². The number of likely N-dealkylation sites (N-methyl/N-ethyl adjacent to an activating group) is 1. The van der Waals surface area contributed by atoms with E-state index in [0.717, 1.165) is 51.4 Å². The van der Waals surface area contributed by atoms with Crippen molar-refractivity contribution < 1.29 is 32.9 Å². The molecule has 66 heavy (non-hydrogen) atoms. The molecule has 0 aromatic carbocycles. The van der Waals surface area contributed by atoms with Gasteiger partial charge in [0.05, 0.1) is 39.9 Å². The molecule has 0 rings (SSSR count). The van der Waals surface area contributed by atoms with Gasteiger partial charge in [0.1, 0.15) is 13.2 Å². The Bertz CT molecular complexity index is 1080. The van der Waals surface area contributed by atoms with Crippen LogP contribution in [0.4, 0.5) is 0 Å². The van der Waals surface area contributed by atoms with Crippen molar-refractivity contribution >= 4 is 13.7 Å². The van der Waals surface area contributed by atoms with Crippen LogP contribution < -0.4 is 10.2 Å². The topological polar surface area (TPSA) is 108 Å². The second-order valence-electron chi connectivity index (χ2n) is 21.4. The largest absolute Gasteiger partial charge is 0.756 e. The number of hydrogen-bond donors (Lipinski definition) is 2. The van der Waals surface area contributed by atoms with Gasteiger partial charge in [0.15, 0.2) is 0 Å². The normalized spacial score (nSPS) is 14.0. The maximum absolute atomic E-state index is 12.9.